The summed E-state index contributed by atoms with van der Waals surface area (Å²) in [7, 11) is 0. The molecule has 2 aromatic carbocycles. The second-order valence-corrected chi connectivity index (χ2v) is 6.78. The molecule has 0 bridgehead atoms. The summed E-state index contributed by atoms with van der Waals surface area (Å²) in [5.74, 6) is -10.1. The normalized spacial score (nSPS) is 10.6. The van der Waals surface area contributed by atoms with E-state index >= 15 is 0 Å². The number of carboxylic acids is 1. The first kappa shape index (κ1) is 19.0. The maximum absolute atomic E-state index is 13.8. The van der Waals surface area contributed by atoms with Crippen molar-refractivity contribution in [3.05, 3.63) is 54.4 Å². The van der Waals surface area contributed by atoms with Crippen LogP contribution in [-0.4, -0.2) is 11.1 Å². The van der Waals surface area contributed by atoms with Crippen LogP contribution in [0.2, 0.25) is 0 Å². The molecule has 0 saturated carbocycles. The Kier molecular flexibility index (Phi) is 5.76. The van der Waals surface area contributed by atoms with Gasteiger partial charge < -0.3 is 9.94 Å². The van der Waals surface area contributed by atoms with Crippen LogP contribution >= 0.6 is 47.8 Å². The lowest BCUT2D eigenvalue weighted by atomic mass is 10.1. The number of benzene rings is 2. The van der Waals surface area contributed by atoms with Gasteiger partial charge in [0.05, 0.1) is 4.47 Å². The first-order chi connectivity index (χ1) is 11.1. The van der Waals surface area contributed by atoms with Crippen molar-refractivity contribution in [2.75, 3.05) is 5.48 Å². The highest BCUT2D eigenvalue weighted by atomic mass is 79.9. The predicted octanol–water partition coefficient (Wildman–Crippen LogP) is 5.63. The molecule has 0 unspecified atom stereocenters. The first-order valence-corrected chi connectivity index (χ1v) is 8.19. The predicted molar refractivity (Wildman–Crippen MR) is 87.0 cm³/mol. The molecular formula is C13H4Br3F4NO3. The molecule has 0 aromatic heterocycles. The van der Waals surface area contributed by atoms with Gasteiger partial charge in [0.2, 0.25) is 0 Å². The lowest BCUT2D eigenvalue weighted by Gasteiger charge is -2.14. The summed E-state index contributed by atoms with van der Waals surface area (Å²) in [6.45, 7) is 0. The van der Waals surface area contributed by atoms with E-state index < -0.39 is 40.5 Å². The van der Waals surface area contributed by atoms with Gasteiger partial charge in [0, 0.05) is 8.95 Å². The summed E-state index contributed by atoms with van der Waals surface area (Å²) in [6, 6.07) is 3.04. The van der Waals surface area contributed by atoms with Crippen LogP contribution in [0.25, 0.3) is 0 Å². The van der Waals surface area contributed by atoms with Crippen molar-refractivity contribution in [1.29, 1.82) is 0 Å². The van der Waals surface area contributed by atoms with Crippen molar-refractivity contribution in [3.63, 3.8) is 0 Å². The summed E-state index contributed by atoms with van der Waals surface area (Å²) >= 11 is 9.48. The molecule has 2 rings (SSSR count). The van der Waals surface area contributed by atoms with Gasteiger partial charge in [0.25, 0.3) is 0 Å². The monoisotopic (exact) mass is 535 g/mol. The molecular weight excluding hydrogens is 534 g/mol. The zero-order chi connectivity index (χ0) is 18.2. The van der Waals surface area contributed by atoms with E-state index in [0.717, 1.165) is 0 Å². The Bertz CT molecular complexity index is 819. The molecule has 11 heteroatoms. The fraction of sp³-hybridized carbons (Fsp3) is 0. The maximum Gasteiger partial charge on any atom is 0.341 e. The summed E-state index contributed by atoms with van der Waals surface area (Å²) in [4.78, 5) is 15.6. The average Bonchev–Trinajstić information content (AvgIpc) is 2.49. The van der Waals surface area contributed by atoms with E-state index in [9.17, 15) is 22.4 Å². The highest BCUT2D eigenvalue weighted by molar-refractivity contribution is 9.13. The third kappa shape index (κ3) is 3.52. The van der Waals surface area contributed by atoms with Gasteiger partial charge >= 0.3 is 5.97 Å². The van der Waals surface area contributed by atoms with E-state index in [0.29, 0.717) is 13.4 Å². The Labute approximate surface area is 157 Å². The zero-order valence-corrected chi connectivity index (χ0v) is 15.8. The topological polar surface area (TPSA) is 58.6 Å². The molecule has 0 fully saturated rings. The Morgan fingerprint density at radius 3 is 2.04 bits per heavy atom. The van der Waals surface area contributed by atoms with Gasteiger partial charge in [-0.15, -0.1) is 0 Å². The first-order valence-electron chi connectivity index (χ1n) is 5.81. The van der Waals surface area contributed by atoms with Gasteiger partial charge in [-0.05, 0) is 44.0 Å². The van der Waals surface area contributed by atoms with Crippen molar-refractivity contribution < 1.29 is 32.3 Å². The molecule has 4 nitrogen and oxygen atoms in total. The lowest BCUT2D eigenvalue weighted by molar-refractivity contribution is 0.0683. The van der Waals surface area contributed by atoms with Gasteiger partial charge in [-0.2, -0.15) is 0 Å². The van der Waals surface area contributed by atoms with Crippen molar-refractivity contribution in [1.82, 2.24) is 0 Å². The lowest BCUT2D eigenvalue weighted by Crippen LogP contribution is -2.16. The second-order valence-electron chi connectivity index (χ2n) is 4.21. The van der Waals surface area contributed by atoms with Crippen LogP contribution in [-0.2, 0) is 0 Å². The molecule has 0 saturated heterocycles. The molecule has 0 spiro atoms. The highest BCUT2D eigenvalue weighted by Gasteiger charge is 2.29. The number of halogens is 7. The van der Waals surface area contributed by atoms with Crippen molar-refractivity contribution in [2.45, 2.75) is 0 Å². The quantitative estimate of drug-likeness (QED) is 0.301. The number of carboxylic acid groups (broad SMARTS) is 1. The van der Waals surface area contributed by atoms with E-state index in [4.69, 9.17) is 9.94 Å². The number of hydrogen-bond acceptors (Lipinski definition) is 3. The van der Waals surface area contributed by atoms with Crippen LogP contribution in [0.4, 0.5) is 23.2 Å². The minimum absolute atomic E-state index is 0.0261. The number of hydrogen-bond donors (Lipinski definition) is 2. The highest BCUT2D eigenvalue weighted by Crippen LogP contribution is 2.36. The molecule has 0 heterocycles. The molecule has 128 valence electrons. The Balaban J connectivity index is 2.44. The standard InChI is InChI=1S/C13H4Br3F4NO3/c14-3-1-4(15)7(16)5(2-3)24-21-12-10(19)8(17)6(13(22)23)9(18)11(12)20/h1-2,21H,(H,22,23). The Morgan fingerprint density at radius 1 is 1.00 bits per heavy atom. The van der Waals surface area contributed by atoms with Gasteiger partial charge in [-0.25, -0.2) is 27.8 Å². The van der Waals surface area contributed by atoms with E-state index in [-0.39, 0.29) is 5.75 Å². The van der Waals surface area contributed by atoms with Gasteiger partial charge in [0.1, 0.15) is 11.3 Å². The van der Waals surface area contributed by atoms with Crippen LogP contribution in [0.15, 0.2) is 25.6 Å². The van der Waals surface area contributed by atoms with E-state index in [1.807, 2.05) is 0 Å². The third-order valence-corrected chi connectivity index (χ3v) is 5.13. The third-order valence-electron chi connectivity index (χ3n) is 2.70. The molecule has 0 radical (unpaired) electrons. The fourth-order valence-electron chi connectivity index (χ4n) is 1.62. The number of nitrogens with one attached hydrogen (secondary N) is 1. The smallest absolute Gasteiger partial charge is 0.341 e. The van der Waals surface area contributed by atoms with Crippen LogP contribution in [0, 0.1) is 23.3 Å². The minimum Gasteiger partial charge on any atom is -0.477 e. The van der Waals surface area contributed by atoms with Crippen molar-refractivity contribution >= 4 is 59.4 Å². The number of rotatable bonds is 4. The van der Waals surface area contributed by atoms with Gasteiger partial charge in [-0.1, -0.05) is 15.9 Å². The van der Waals surface area contributed by atoms with E-state index in [1.54, 1.807) is 11.5 Å². The van der Waals surface area contributed by atoms with Crippen molar-refractivity contribution in [2.24, 2.45) is 0 Å². The van der Waals surface area contributed by atoms with Crippen LogP contribution in [0.1, 0.15) is 10.4 Å². The summed E-state index contributed by atoms with van der Waals surface area (Å²) in [5, 5.41) is 8.61. The zero-order valence-electron chi connectivity index (χ0n) is 11.1. The van der Waals surface area contributed by atoms with Crippen LogP contribution in [0.5, 0.6) is 5.75 Å². The van der Waals surface area contributed by atoms with E-state index in [1.165, 1.54) is 6.07 Å². The Hall–Kier alpha value is -1.33. The van der Waals surface area contributed by atoms with Gasteiger partial charge in [0.15, 0.2) is 29.0 Å². The summed E-state index contributed by atoms with van der Waals surface area (Å²) in [5.41, 5.74) is -1.30. The molecule has 2 N–H and O–H groups in total. The minimum atomic E-state index is -2.14. The average molecular weight is 538 g/mol. The van der Waals surface area contributed by atoms with Crippen LogP contribution in [0.3, 0.4) is 0 Å². The molecule has 2 aromatic rings. The Morgan fingerprint density at radius 2 is 1.54 bits per heavy atom. The molecule has 0 atom stereocenters. The number of carbonyl (C=O) groups is 1. The SMILES string of the molecule is O=C(O)c1c(F)c(F)c(NOc2cc(Br)cc(Br)c2Br)c(F)c1F. The molecule has 0 aliphatic heterocycles. The van der Waals surface area contributed by atoms with Gasteiger partial charge in [-0.3, -0.25) is 0 Å². The largest absolute Gasteiger partial charge is 0.477 e. The molecule has 24 heavy (non-hydrogen) atoms. The molecule has 0 aliphatic rings. The molecule has 0 amide bonds. The molecule has 0 aliphatic carbocycles. The summed E-state index contributed by atoms with van der Waals surface area (Å²) in [6.07, 6.45) is 0. The van der Waals surface area contributed by atoms with Crippen LogP contribution < -0.4 is 10.3 Å². The number of anilines is 1. The fourth-order valence-corrected chi connectivity index (χ4v) is 3.12. The maximum atomic E-state index is 13.8. The van der Waals surface area contributed by atoms with E-state index in [2.05, 4.69) is 47.8 Å². The van der Waals surface area contributed by atoms with Crippen molar-refractivity contribution in [3.8, 4) is 5.75 Å². The summed E-state index contributed by atoms with van der Waals surface area (Å²) < 4.78 is 56.2. The second kappa shape index (κ2) is 7.28. The number of aromatic carboxylic acids is 1.